The third-order valence-electron chi connectivity index (χ3n) is 8.41. The maximum Gasteiger partial charge on any atom is 0.264 e. The van der Waals surface area contributed by atoms with Crippen LogP contribution in [0.25, 0.3) is 0 Å². The minimum Gasteiger partial charge on any atom is -0.395 e. The second-order valence-corrected chi connectivity index (χ2v) is 16.6. The number of nitrogens with zero attached hydrogens (tertiary/aromatic N) is 2. The number of aliphatic hydroxyl groups is 1. The summed E-state index contributed by atoms with van der Waals surface area (Å²) >= 11 is 2.26. The number of amides is 2. The minimum atomic E-state index is -3.41. The van der Waals surface area contributed by atoms with Crippen molar-refractivity contribution in [2.24, 2.45) is 5.92 Å². The van der Waals surface area contributed by atoms with Crippen LogP contribution in [0, 0.1) is 9.49 Å². The highest BCUT2D eigenvalue weighted by atomic mass is 127. The van der Waals surface area contributed by atoms with E-state index in [1.165, 1.54) is 0 Å². The number of hydrogen-bond donors (Lipinski definition) is 1. The molecule has 3 aromatic rings. The van der Waals surface area contributed by atoms with E-state index in [0.29, 0.717) is 13.1 Å². The number of benzene rings is 3. The van der Waals surface area contributed by atoms with E-state index in [-0.39, 0.29) is 31.4 Å². The zero-order chi connectivity index (χ0) is 29.4. The van der Waals surface area contributed by atoms with Gasteiger partial charge in [-0.05, 0) is 65.0 Å². The molecule has 0 aromatic heterocycles. The Bertz CT molecular complexity index is 1420. The summed E-state index contributed by atoms with van der Waals surface area (Å²) in [6.07, 6.45) is -0.827. The number of anilines is 1. The van der Waals surface area contributed by atoms with E-state index >= 15 is 4.11 Å². The molecule has 0 bridgehead atoms. The van der Waals surface area contributed by atoms with Gasteiger partial charge in [0.2, 0.25) is 14.3 Å². The molecule has 0 saturated carbocycles. The van der Waals surface area contributed by atoms with Gasteiger partial charge in [0, 0.05) is 33.7 Å². The van der Waals surface area contributed by atoms with Gasteiger partial charge in [0.25, 0.3) is 5.91 Å². The predicted octanol–water partition coefficient (Wildman–Crippen LogP) is 6.02. The highest BCUT2D eigenvalue weighted by Gasteiger charge is 2.66. The summed E-state index contributed by atoms with van der Waals surface area (Å²) in [5, 5.41) is 9.70. The van der Waals surface area contributed by atoms with Crippen LogP contribution in [0.1, 0.15) is 30.0 Å². The van der Waals surface area contributed by atoms with E-state index in [1.807, 2.05) is 85.8 Å². The van der Waals surface area contributed by atoms with E-state index in [4.69, 9.17) is 4.74 Å². The number of carbonyl (C=O) groups excluding carboxylic acids is 2. The summed E-state index contributed by atoms with van der Waals surface area (Å²) in [7, 11) is -3.41. The lowest BCUT2D eigenvalue weighted by molar-refractivity contribution is -0.150. The molecule has 5 rings (SSSR count). The Labute approximate surface area is 255 Å². The largest absolute Gasteiger partial charge is 0.395 e. The second kappa shape index (κ2) is 11.9. The van der Waals surface area contributed by atoms with Crippen molar-refractivity contribution < 1.29 is 23.5 Å². The summed E-state index contributed by atoms with van der Waals surface area (Å²) in [5.41, 5.74) is 1.48. The summed E-state index contributed by atoms with van der Waals surface area (Å²) in [6, 6.07) is 25.2. The van der Waals surface area contributed by atoms with E-state index in [1.54, 1.807) is 22.9 Å². The molecule has 1 saturated heterocycles. The molecule has 6 nitrogen and oxygen atoms in total. The average molecular weight is 687 g/mol. The van der Waals surface area contributed by atoms with Crippen molar-refractivity contribution in [1.82, 2.24) is 4.90 Å². The van der Waals surface area contributed by atoms with Crippen LogP contribution in [0.3, 0.4) is 0 Å². The van der Waals surface area contributed by atoms with Gasteiger partial charge in [-0.1, -0.05) is 67.6 Å². The Balaban J connectivity index is 1.48. The first-order valence-corrected chi connectivity index (χ1v) is 18.0. The monoisotopic (exact) mass is 686 g/mol. The van der Waals surface area contributed by atoms with E-state index in [2.05, 4.69) is 22.6 Å². The minimum absolute atomic E-state index is 0.0593. The van der Waals surface area contributed by atoms with E-state index in [0.717, 1.165) is 25.9 Å². The fourth-order valence-corrected chi connectivity index (χ4v) is 9.80. The molecule has 9 heteroatoms. The number of halogens is 2. The van der Waals surface area contributed by atoms with Crippen LogP contribution in [0.4, 0.5) is 9.80 Å². The van der Waals surface area contributed by atoms with Crippen LogP contribution in [-0.4, -0.2) is 49.5 Å². The van der Waals surface area contributed by atoms with Crippen molar-refractivity contribution in [2.75, 3.05) is 18.1 Å². The molecule has 41 heavy (non-hydrogen) atoms. The number of para-hydroxylation sites is 1. The summed E-state index contributed by atoms with van der Waals surface area (Å²) in [5.74, 6) is -0.906. The van der Waals surface area contributed by atoms with Crippen molar-refractivity contribution in [2.45, 2.75) is 56.8 Å². The molecule has 0 radical (unpaired) electrons. The predicted molar refractivity (Wildman–Crippen MR) is 168 cm³/mol. The fourth-order valence-electron chi connectivity index (χ4n) is 6.69. The zero-order valence-corrected chi connectivity index (χ0v) is 26.8. The number of fused-ring (bicyclic) bond motifs is 2. The maximum atomic E-state index is 16.1. The lowest BCUT2D eigenvalue weighted by Crippen LogP contribution is -2.45. The Morgan fingerprint density at radius 3 is 2.44 bits per heavy atom. The Morgan fingerprint density at radius 2 is 1.76 bits per heavy atom. The van der Waals surface area contributed by atoms with Gasteiger partial charge >= 0.3 is 0 Å². The van der Waals surface area contributed by atoms with Crippen LogP contribution in [0.2, 0.25) is 18.6 Å². The third kappa shape index (κ3) is 5.73. The van der Waals surface area contributed by atoms with Gasteiger partial charge in [0.05, 0.1) is 31.4 Å². The van der Waals surface area contributed by atoms with Crippen molar-refractivity contribution in [3.8, 4) is 0 Å². The zero-order valence-electron chi connectivity index (χ0n) is 23.6. The fraction of sp³-hybridized carbons (Fsp3) is 0.375. The molecular formula is C32H36FIN2O4Si. The molecule has 1 N–H and O–H groups in total. The van der Waals surface area contributed by atoms with Gasteiger partial charge in [-0.2, -0.15) is 0 Å². The van der Waals surface area contributed by atoms with E-state index < -0.39 is 31.6 Å². The van der Waals surface area contributed by atoms with Gasteiger partial charge in [0.15, 0.2) is 5.60 Å². The molecule has 0 unspecified atom stereocenters. The quantitative estimate of drug-likeness (QED) is 0.170. The highest BCUT2D eigenvalue weighted by Crippen LogP contribution is 2.60. The molecule has 1 fully saturated rings. The summed E-state index contributed by atoms with van der Waals surface area (Å²) < 4.78 is 23.9. The SMILES string of the molecule is C[C@H]1[C@H]([Si](C)(C)F)[C@@H](CC(=O)N(CCO)Cc2ccccc2)O[C@]12C(=O)N(Cc1cccc(I)c1)c1ccccc12. The molecule has 2 amide bonds. The van der Waals surface area contributed by atoms with Gasteiger partial charge in [-0.3, -0.25) is 9.59 Å². The van der Waals surface area contributed by atoms with Crippen molar-refractivity contribution in [1.29, 1.82) is 0 Å². The topological polar surface area (TPSA) is 70.1 Å². The van der Waals surface area contributed by atoms with Crippen molar-refractivity contribution >= 4 is 48.5 Å². The number of carbonyl (C=O) groups is 2. The van der Waals surface area contributed by atoms with Crippen LogP contribution in [0.15, 0.2) is 78.9 Å². The van der Waals surface area contributed by atoms with Crippen LogP contribution < -0.4 is 4.90 Å². The van der Waals surface area contributed by atoms with Gasteiger partial charge in [0.1, 0.15) is 0 Å². The van der Waals surface area contributed by atoms with E-state index in [9.17, 15) is 14.7 Å². The Hall–Kier alpha value is -2.60. The highest BCUT2D eigenvalue weighted by molar-refractivity contribution is 14.1. The lowest BCUT2D eigenvalue weighted by atomic mass is 9.82. The number of aliphatic hydroxyl groups excluding tert-OH is 1. The van der Waals surface area contributed by atoms with Crippen LogP contribution in [0.5, 0.6) is 0 Å². The number of rotatable bonds is 9. The standard InChI is InChI=1S/C32H36FIN2O4Si/c1-22-30(41(2,3)33)28(19-29(38)35(16-17-37)20-23-10-5-4-6-11-23)40-32(22)26-14-7-8-15-27(26)36(31(32)39)21-24-12-9-13-25(34)18-24/h4-15,18,22,28,30,37H,16-17,19-21H2,1-3H3/t22-,28+,30-,32+/m0/s1. The maximum absolute atomic E-state index is 16.1. The van der Waals surface area contributed by atoms with Crippen molar-refractivity contribution in [3.63, 3.8) is 0 Å². The molecule has 2 aliphatic heterocycles. The Kier molecular flexibility index (Phi) is 8.70. The lowest BCUT2D eigenvalue weighted by Gasteiger charge is -2.31. The molecule has 216 valence electrons. The number of hydrogen-bond acceptors (Lipinski definition) is 4. The molecular weight excluding hydrogens is 650 g/mol. The molecule has 4 atom stereocenters. The van der Waals surface area contributed by atoms with Gasteiger partial charge in [-0.15, -0.1) is 0 Å². The average Bonchev–Trinajstić information content (AvgIpc) is 3.36. The van der Waals surface area contributed by atoms with Crippen LogP contribution >= 0.6 is 22.6 Å². The Morgan fingerprint density at radius 1 is 1.07 bits per heavy atom. The normalized spacial score (nSPS) is 23.7. The summed E-state index contributed by atoms with van der Waals surface area (Å²) in [4.78, 5) is 31.4. The molecule has 1 spiro atoms. The first-order chi connectivity index (χ1) is 19.6. The first-order valence-electron chi connectivity index (χ1n) is 14.0. The molecule has 2 heterocycles. The first kappa shape index (κ1) is 29.9. The molecule has 2 aliphatic rings. The second-order valence-electron chi connectivity index (χ2n) is 11.5. The van der Waals surface area contributed by atoms with Crippen LogP contribution in [-0.2, 0) is 33.0 Å². The summed E-state index contributed by atoms with van der Waals surface area (Å²) in [6.45, 7) is 5.86. The van der Waals surface area contributed by atoms with Gasteiger partial charge in [-0.25, -0.2) is 0 Å². The number of ether oxygens (including phenoxy) is 1. The third-order valence-corrected chi connectivity index (χ3v) is 11.5. The molecule has 3 aromatic carbocycles. The van der Waals surface area contributed by atoms with Gasteiger partial charge < -0.3 is 23.8 Å². The molecule has 0 aliphatic carbocycles. The smallest absolute Gasteiger partial charge is 0.264 e. The van der Waals surface area contributed by atoms with Crippen molar-refractivity contribution in [3.05, 3.63) is 99.1 Å².